The molecule has 1 heterocycles. The molecule has 0 aliphatic heterocycles. The van der Waals surface area contributed by atoms with Crippen molar-refractivity contribution >= 4 is 44.0 Å². The summed E-state index contributed by atoms with van der Waals surface area (Å²) in [5.74, 6) is 0. The monoisotopic (exact) mass is 308 g/mol. The first-order valence-electron chi connectivity index (χ1n) is 8.14. The van der Waals surface area contributed by atoms with Crippen LogP contribution in [0, 0.1) is 0 Å². The molecule has 0 unspecified atom stereocenters. The predicted molar refractivity (Wildman–Crippen MR) is 103 cm³/mol. The summed E-state index contributed by atoms with van der Waals surface area (Å²) in [7, 11) is 0. The van der Waals surface area contributed by atoms with Crippen molar-refractivity contribution in [1.82, 2.24) is 4.98 Å². The molecule has 0 atom stereocenters. The SMILES string of the molecule is c1ccc(Nc2cccc3ccc4c5ccccc5[nH]c4c23)cc1. The van der Waals surface area contributed by atoms with Gasteiger partial charge in [-0.25, -0.2) is 0 Å². The highest BCUT2D eigenvalue weighted by Gasteiger charge is 2.10. The van der Waals surface area contributed by atoms with Gasteiger partial charge in [0.15, 0.2) is 0 Å². The molecule has 1 aromatic heterocycles. The Balaban J connectivity index is 1.84. The molecule has 2 nitrogen and oxygen atoms in total. The maximum absolute atomic E-state index is 3.61. The Bertz CT molecular complexity index is 1170. The van der Waals surface area contributed by atoms with Crippen LogP contribution in [0.25, 0.3) is 32.6 Å². The van der Waals surface area contributed by atoms with Crippen LogP contribution in [0.4, 0.5) is 11.4 Å². The third kappa shape index (κ3) is 1.97. The number of aromatic nitrogens is 1. The van der Waals surface area contributed by atoms with Crippen LogP contribution in [-0.2, 0) is 0 Å². The molecule has 2 N–H and O–H groups in total. The Morgan fingerprint density at radius 1 is 0.625 bits per heavy atom. The van der Waals surface area contributed by atoms with Crippen molar-refractivity contribution in [3.05, 3.63) is 84.9 Å². The largest absolute Gasteiger partial charge is 0.355 e. The summed E-state index contributed by atoms with van der Waals surface area (Å²) in [6.45, 7) is 0. The minimum Gasteiger partial charge on any atom is -0.355 e. The number of anilines is 2. The highest BCUT2D eigenvalue weighted by molar-refractivity contribution is 6.20. The van der Waals surface area contributed by atoms with Gasteiger partial charge in [-0.05, 0) is 29.7 Å². The molecular formula is C22H16N2. The second kappa shape index (κ2) is 5.14. The van der Waals surface area contributed by atoms with Crippen LogP contribution < -0.4 is 5.32 Å². The molecule has 0 bridgehead atoms. The Morgan fingerprint density at radius 3 is 2.38 bits per heavy atom. The molecule has 0 fully saturated rings. The first kappa shape index (κ1) is 13.2. The number of aromatic amines is 1. The molecule has 2 heteroatoms. The number of hydrogen-bond acceptors (Lipinski definition) is 1. The maximum atomic E-state index is 3.61. The Labute approximate surface area is 139 Å². The predicted octanol–water partition coefficient (Wildman–Crippen LogP) is 6.22. The molecule has 0 aliphatic carbocycles. The number of nitrogens with one attached hydrogen (secondary N) is 2. The Morgan fingerprint density at radius 2 is 1.46 bits per heavy atom. The lowest BCUT2D eigenvalue weighted by molar-refractivity contribution is 1.55. The van der Waals surface area contributed by atoms with Gasteiger partial charge in [-0.2, -0.15) is 0 Å². The fourth-order valence-corrected chi connectivity index (χ4v) is 3.48. The van der Waals surface area contributed by atoms with Gasteiger partial charge in [0.1, 0.15) is 0 Å². The highest BCUT2D eigenvalue weighted by Crippen LogP contribution is 2.35. The lowest BCUT2D eigenvalue weighted by Gasteiger charge is -2.11. The van der Waals surface area contributed by atoms with E-state index in [0.717, 1.165) is 11.4 Å². The quantitative estimate of drug-likeness (QED) is 0.398. The van der Waals surface area contributed by atoms with E-state index in [1.807, 2.05) is 18.2 Å². The zero-order valence-electron chi connectivity index (χ0n) is 13.1. The van der Waals surface area contributed by atoms with Crippen LogP contribution in [0.5, 0.6) is 0 Å². The zero-order valence-corrected chi connectivity index (χ0v) is 13.1. The van der Waals surface area contributed by atoms with Crippen LogP contribution in [0.2, 0.25) is 0 Å². The standard InChI is InChI=1S/C22H16N2/c1-2-8-16(9-3-1)23-20-12-6-7-15-13-14-18-17-10-4-5-11-19(17)24-22(18)21(15)20/h1-14,23-24H. The number of benzene rings is 4. The minimum absolute atomic E-state index is 1.10. The van der Waals surface area contributed by atoms with E-state index in [0.29, 0.717) is 0 Å². The molecule has 5 aromatic rings. The Hall–Kier alpha value is -3.26. The molecule has 114 valence electrons. The first-order valence-corrected chi connectivity index (χ1v) is 8.14. The summed E-state index contributed by atoms with van der Waals surface area (Å²) >= 11 is 0. The van der Waals surface area contributed by atoms with Crippen LogP contribution in [0.3, 0.4) is 0 Å². The van der Waals surface area contributed by atoms with Crippen molar-refractivity contribution in [2.45, 2.75) is 0 Å². The van der Waals surface area contributed by atoms with Gasteiger partial charge in [0.05, 0.1) is 5.52 Å². The average Bonchev–Trinajstić information content (AvgIpc) is 3.01. The number of rotatable bonds is 2. The summed E-state index contributed by atoms with van der Waals surface area (Å²) in [5, 5.41) is 8.56. The summed E-state index contributed by atoms with van der Waals surface area (Å²) in [5.41, 5.74) is 4.58. The molecule has 0 radical (unpaired) electrons. The van der Waals surface area contributed by atoms with Crippen LogP contribution in [0.1, 0.15) is 0 Å². The van der Waals surface area contributed by atoms with Gasteiger partial charge in [-0.1, -0.05) is 60.7 Å². The molecule has 4 aromatic carbocycles. The van der Waals surface area contributed by atoms with Gasteiger partial charge in [-0.15, -0.1) is 0 Å². The van der Waals surface area contributed by atoms with Crippen LogP contribution in [-0.4, -0.2) is 4.98 Å². The van der Waals surface area contributed by atoms with Crippen molar-refractivity contribution in [2.24, 2.45) is 0 Å². The van der Waals surface area contributed by atoms with E-state index in [-0.39, 0.29) is 0 Å². The zero-order chi connectivity index (χ0) is 15.9. The Kier molecular flexibility index (Phi) is 2.83. The van der Waals surface area contributed by atoms with E-state index in [4.69, 9.17) is 0 Å². The van der Waals surface area contributed by atoms with Crippen molar-refractivity contribution < 1.29 is 0 Å². The molecule has 24 heavy (non-hydrogen) atoms. The first-order chi connectivity index (χ1) is 11.9. The van der Waals surface area contributed by atoms with Crippen molar-refractivity contribution in [1.29, 1.82) is 0 Å². The topological polar surface area (TPSA) is 27.8 Å². The molecule has 0 amide bonds. The fourth-order valence-electron chi connectivity index (χ4n) is 3.48. The molecular weight excluding hydrogens is 292 g/mol. The molecule has 0 saturated heterocycles. The second-order valence-electron chi connectivity index (χ2n) is 6.05. The van der Waals surface area contributed by atoms with Crippen molar-refractivity contribution in [3.8, 4) is 0 Å². The molecule has 0 spiro atoms. The summed E-state index contributed by atoms with van der Waals surface area (Å²) in [6.07, 6.45) is 0. The lowest BCUT2D eigenvalue weighted by atomic mass is 10.0. The lowest BCUT2D eigenvalue weighted by Crippen LogP contribution is -1.91. The smallest absolute Gasteiger partial charge is 0.0565 e. The van der Waals surface area contributed by atoms with E-state index in [2.05, 4.69) is 77.0 Å². The molecule has 5 rings (SSSR count). The molecule has 0 saturated carbocycles. The van der Waals surface area contributed by atoms with Crippen molar-refractivity contribution in [2.75, 3.05) is 5.32 Å². The van der Waals surface area contributed by atoms with E-state index in [1.54, 1.807) is 0 Å². The van der Waals surface area contributed by atoms with E-state index >= 15 is 0 Å². The van der Waals surface area contributed by atoms with Crippen molar-refractivity contribution in [3.63, 3.8) is 0 Å². The maximum Gasteiger partial charge on any atom is 0.0565 e. The number of fused-ring (bicyclic) bond motifs is 5. The molecule has 0 aliphatic rings. The highest BCUT2D eigenvalue weighted by atomic mass is 14.9. The van der Waals surface area contributed by atoms with Crippen LogP contribution in [0.15, 0.2) is 84.9 Å². The summed E-state index contributed by atoms with van der Waals surface area (Å²) in [6, 6.07) is 29.6. The van der Waals surface area contributed by atoms with Gasteiger partial charge >= 0.3 is 0 Å². The van der Waals surface area contributed by atoms with Gasteiger partial charge in [0, 0.05) is 33.1 Å². The van der Waals surface area contributed by atoms with Gasteiger partial charge in [0.25, 0.3) is 0 Å². The van der Waals surface area contributed by atoms with Gasteiger partial charge in [-0.3, -0.25) is 0 Å². The summed E-state index contributed by atoms with van der Waals surface area (Å²) < 4.78 is 0. The third-order valence-electron chi connectivity index (χ3n) is 4.58. The van der Waals surface area contributed by atoms with Crippen LogP contribution >= 0.6 is 0 Å². The fraction of sp³-hybridized carbons (Fsp3) is 0. The second-order valence-corrected chi connectivity index (χ2v) is 6.05. The minimum atomic E-state index is 1.10. The summed E-state index contributed by atoms with van der Waals surface area (Å²) in [4.78, 5) is 3.61. The normalized spacial score (nSPS) is 11.3. The van der Waals surface area contributed by atoms with E-state index < -0.39 is 0 Å². The third-order valence-corrected chi connectivity index (χ3v) is 4.58. The van der Waals surface area contributed by atoms with Gasteiger partial charge < -0.3 is 10.3 Å². The number of hydrogen-bond donors (Lipinski definition) is 2. The van der Waals surface area contributed by atoms with Gasteiger partial charge in [0.2, 0.25) is 0 Å². The van der Waals surface area contributed by atoms with E-state index in [9.17, 15) is 0 Å². The number of H-pyrrole nitrogens is 1. The number of para-hydroxylation sites is 2. The average molecular weight is 308 g/mol. The van der Waals surface area contributed by atoms with E-state index in [1.165, 1.54) is 32.6 Å².